The minimum atomic E-state index is -1.17. The molecule has 4 aromatic carbocycles. The minimum Gasteiger partial charge on any atom is -0.489 e. The Morgan fingerprint density at radius 2 is 1.54 bits per heavy atom. The molecule has 2 N–H and O–H groups in total. The SMILES string of the molecule is O=C(NC(Cc1ccc(OCc2ccc(F)cc2)cc1)C(=O)O)c1cc2ccc(-c3ccc(Cl)cc3)cc2o1. The summed E-state index contributed by atoms with van der Waals surface area (Å²) in [6, 6.07) is 26.3. The summed E-state index contributed by atoms with van der Waals surface area (Å²) in [5.74, 6) is -1.49. The summed E-state index contributed by atoms with van der Waals surface area (Å²) in [5.41, 5.74) is 3.88. The molecule has 0 aliphatic heterocycles. The van der Waals surface area contributed by atoms with Crippen molar-refractivity contribution in [2.45, 2.75) is 19.1 Å². The summed E-state index contributed by atoms with van der Waals surface area (Å²) in [6.45, 7) is 0.270. The van der Waals surface area contributed by atoms with Gasteiger partial charge in [0.25, 0.3) is 5.91 Å². The van der Waals surface area contributed by atoms with E-state index in [1.807, 2.05) is 30.3 Å². The largest absolute Gasteiger partial charge is 0.489 e. The highest BCUT2D eigenvalue weighted by Gasteiger charge is 2.23. The van der Waals surface area contributed by atoms with Crippen LogP contribution in [-0.4, -0.2) is 23.0 Å². The third-order valence-electron chi connectivity index (χ3n) is 6.21. The van der Waals surface area contributed by atoms with E-state index in [0.717, 1.165) is 22.1 Å². The maximum atomic E-state index is 13.0. The molecule has 0 bridgehead atoms. The van der Waals surface area contributed by atoms with E-state index in [0.29, 0.717) is 21.9 Å². The first-order valence-corrected chi connectivity index (χ1v) is 12.5. The zero-order valence-electron chi connectivity index (χ0n) is 20.6. The number of rotatable bonds is 9. The summed E-state index contributed by atoms with van der Waals surface area (Å²) < 4.78 is 24.5. The van der Waals surface area contributed by atoms with Crippen LogP contribution in [0.3, 0.4) is 0 Å². The summed E-state index contributed by atoms with van der Waals surface area (Å²) in [4.78, 5) is 24.8. The maximum absolute atomic E-state index is 13.0. The molecule has 8 heteroatoms. The van der Waals surface area contributed by atoms with Gasteiger partial charge in [0.1, 0.15) is 29.8 Å². The van der Waals surface area contributed by atoms with Crippen molar-refractivity contribution in [3.8, 4) is 16.9 Å². The first-order chi connectivity index (χ1) is 18.8. The number of halogens is 2. The van der Waals surface area contributed by atoms with Gasteiger partial charge >= 0.3 is 5.97 Å². The van der Waals surface area contributed by atoms with E-state index in [2.05, 4.69) is 5.32 Å². The van der Waals surface area contributed by atoms with Gasteiger partial charge in [0.15, 0.2) is 5.76 Å². The number of amides is 1. The number of hydrogen-bond acceptors (Lipinski definition) is 4. The molecule has 1 heterocycles. The molecule has 5 aromatic rings. The number of aliphatic carboxylic acids is 1. The van der Waals surface area contributed by atoms with E-state index in [1.54, 1.807) is 54.6 Å². The van der Waals surface area contributed by atoms with Crippen LogP contribution >= 0.6 is 11.6 Å². The van der Waals surface area contributed by atoms with Crippen LogP contribution in [0.25, 0.3) is 22.1 Å². The predicted molar refractivity (Wildman–Crippen MR) is 146 cm³/mol. The van der Waals surface area contributed by atoms with Crippen LogP contribution in [-0.2, 0) is 17.8 Å². The Labute approximate surface area is 228 Å². The Bertz CT molecular complexity index is 1610. The van der Waals surface area contributed by atoms with E-state index in [1.165, 1.54) is 12.1 Å². The molecule has 0 radical (unpaired) electrons. The first-order valence-electron chi connectivity index (χ1n) is 12.1. The normalized spacial score (nSPS) is 11.7. The van der Waals surface area contributed by atoms with Crippen LogP contribution in [0.15, 0.2) is 101 Å². The molecule has 5 rings (SSSR count). The Morgan fingerprint density at radius 1 is 0.872 bits per heavy atom. The molecule has 0 aliphatic rings. The van der Waals surface area contributed by atoms with Gasteiger partial charge in [-0.25, -0.2) is 9.18 Å². The van der Waals surface area contributed by atoms with E-state index in [-0.39, 0.29) is 24.6 Å². The second kappa shape index (κ2) is 11.4. The van der Waals surface area contributed by atoms with Crippen LogP contribution < -0.4 is 10.1 Å². The molecule has 0 saturated heterocycles. The maximum Gasteiger partial charge on any atom is 0.326 e. The quantitative estimate of drug-likeness (QED) is 0.211. The van der Waals surface area contributed by atoms with Gasteiger partial charge in [-0.2, -0.15) is 0 Å². The molecule has 1 aromatic heterocycles. The lowest BCUT2D eigenvalue weighted by atomic mass is 10.0. The number of benzene rings is 4. The number of carboxylic acids is 1. The number of carbonyl (C=O) groups is 2. The Hall–Kier alpha value is -4.62. The molecular formula is C31H23ClFNO5. The van der Waals surface area contributed by atoms with Gasteiger partial charge in [-0.1, -0.05) is 60.1 Å². The van der Waals surface area contributed by atoms with Gasteiger partial charge in [-0.15, -0.1) is 0 Å². The first kappa shape index (κ1) is 26.0. The number of fused-ring (bicyclic) bond motifs is 1. The van der Waals surface area contributed by atoms with Gasteiger partial charge in [0, 0.05) is 16.8 Å². The summed E-state index contributed by atoms with van der Waals surface area (Å²) in [5, 5.41) is 13.6. The molecule has 0 saturated carbocycles. The van der Waals surface area contributed by atoms with Crippen molar-refractivity contribution in [2.75, 3.05) is 0 Å². The monoisotopic (exact) mass is 543 g/mol. The molecule has 196 valence electrons. The van der Waals surface area contributed by atoms with Crippen molar-refractivity contribution < 1.29 is 28.2 Å². The Balaban J connectivity index is 1.23. The average molecular weight is 544 g/mol. The van der Waals surface area contributed by atoms with Crippen LogP contribution in [0.1, 0.15) is 21.7 Å². The second-order valence-electron chi connectivity index (χ2n) is 9.00. The van der Waals surface area contributed by atoms with Gasteiger partial charge in [0.2, 0.25) is 0 Å². The second-order valence-corrected chi connectivity index (χ2v) is 9.43. The highest BCUT2D eigenvalue weighted by atomic mass is 35.5. The van der Waals surface area contributed by atoms with Gasteiger partial charge in [0.05, 0.1) is 0 Å². The highest BCUT2D eigenvalue weighted by molar-refractivity contribution is 6.30. The standard InChI is InChI=1S/C31H23ClFNO5/c32-24-9-7-21(8-10-24)22-5-6-23-17-29(39-28(23)16-22)30(35)34-27(31(36)37)15-19-3-13-26(14-4-19)38-18-20-1-11-25(33)12-2-20/h1-14,16-17,27H,15,18H2,(H,34,35)(H,36,37). The van der Waals surface area contributed by atoms with Gasteiger partial charge < -0.3 is 19.6 Å². The summed E-state index contributed by atoms with van der Waals surface area (Å²) >= 11 is 5.97. The third kappa shape index (κ3) is 6.45. The minimum absolute atomic E-state index is 0.0223. The fourth-order valence-electron chi connectivity index (χ4n) is 4.10. The van der Waals surface area contributed by atoms with E-state index >= 15 is 0 Å². The highest BCUT2D eigenvalue weighted by Crippen LogP contribution is 2.28. The Kier molecular flexibility index (Phi) is 7.61. The number of nitrogens with one attached hydrogen (secondary N) is 1. The number of carbonyl (C=O) groups excluding carboxylic acids is 1. The van der Waals surface area contributed by atoms with Crippen molar-refractivity contribution in [3.05, 3.63) is 125 Å². The average Bonchev–Trinajstić information content (AvgIpc) is 3.37. The fraction of sp³-hybridized carbons (Fsp3) is 0.0968. The van der Waals surface area contributed by atoms with E-state index in [9.17, 15) is 19.1 Å². The van der Waals surface area contributed by atoms with Crippen LogP contribution in [0.4, 0.5) is 4.39 Å². The number of furan rings is 1. The zero-order valence-corrected chi connectivity index (χ0v) is 21.3. The molecule has 39 heavy (non-hydrogen) atoms. The van der Waals surface area contributed by atoms with E-state index in [4.69, 9.17) is 20.8 Å². The number of hydrogen-bond donors (Lipinski definition) is 2. The molecule has 1 atom stereocenters. The number of carboxylic acid groups (broad SMARTS) is 1. The van der Waals surface area contributed by atoms with Crippen LogP contribution in [0, 0.1) is 5.82 Å². The van der Waals surface area contributed by atoms with Crippen molar-refractivity contribution in [1.82, 2.24) is 5.32 Å². The lowest BCUT2D eigenvalue weighted by Crippen LogP contribution is -2.42. The van der Waals surface area contributed by atoms with Crippen molar-refractivity contribution in [1.29, 1.82) is 0 Å². The fourth-order valence-corrected chi connectivity index (χ4v) is 4.23. The smallest absolute Gasteiger partial charge is 0.326 e. The third-order valence-corrected chi connectivity index (χ3v) is 6.46. The lowest BCUT2D eigenvalue weighted by Gasteiger charge is -2.14. The molecule has 0 fully saturated rings. The zero-order chi connectivity index (χ0) is 27.4. The van der Waals surface area contributed by atoms with Crippen molar-refractivity contribution >= 4 is 34.4 Å². The molecular weight excluding hydrogens is 521 g/mol. The van der Waals surface area contributed by atoms with Gasteiger partial charge in [-0.05, 0) is 70.8 Å². The van der Waals surface area contributed by atoms with Crippen molar-refractivity contribution in [2.24, 2.45) is 0 Å². The summed E-state index contributed by atoms with van der Waals surface area (Å²) in [7, 11) is 0. The predicted octanol–water partition coefficient (Wildman–Crippen LogP) is 6.90. The molecule has 0 aliphatic carbocycles. The van der Waals surface area contributed by atoms with Gasteiger partial charge in [-0.3, -0.25) is 4.79 Å². The topological polar surface area (TPSA) is 88.8 Å². The van der Waals surface area contributed by atoms with Crippen molar-refractivity contribution in [3.63, 3.8) is 0 Å². The summed E-state index contributed by atoms with van der Waals surface area (Å²) in [6.07, 6.45) is 0.0697. The lowest BCUT2D eigenvalue weighted by molar-refractivity contribution is -0.139. The Morgan fingerprint density at radius 3 is 2.23 bits per heavy atom. The molecule has 1 amide bonds. The van der Waals surface area contributed by atoms with E-state index < -0.39 is 17.9 Å². The molecule has 1 unspecified atom stereocenters. The van der Waals surface area contributed by atoms with Crippen LogP contribution in [0.2, 0.25) is 5.02 Å². The molecule has 6 nitrogen and oxygen atoms in total. The molecule has 0 spiro atoms. The number of ether oxygens (including phenoxy) is 1. The van der Waals surface area contributed by atoms with Crippen LogP contribution in [0.5, 0.6) is 5.75 Å².